The highest BCUT2D eigenvalue weighted by Gasteiger charge is 2.44. The Morgan fingerprint density at radius 3 is 2.25 bits per heavy atom. The lowest BCUT2D eigenvalue weighted by Crippen LogP contribution is -2.24. The lowest BCUT2D eigenvalue weighted by Gasteiger charge is -2.26. The molecule has 1 aliphatic carbocycles. The molecule has 0 aliphatic heterocycles. The van der Waals surface area contributed by atoms with E-state index < -0.39 is 0 Å². The van der Waals surface area contributed by atoms with Gasteiger partial charge >= 0.3 is 0 Å². The van der Waals surface area contributed by atoms with Crippen LogP contribution in [0, 0.1) is 29.1 Å². The van der Waals surface area contributed by atoms with E-state index in [-0.39, 0.29) is 0 Å². The molecule has 0 N–H and O–H groups in total. The molecule has 1 rings (SSSR count). The van der Waals surface area contributed by atoms with Gasteiger partial charge in [-0.3, -0.25) is 0 Å². The van der Waals surface area contributed by atoms with Gasteiger partial charge in [0.15, 0.2) is 0 Å². The molecule has 1 nitrogen and oxygen atoms in total. The molecule has 16 heavy (non-hydrogen) atoms. The van der Waals surface area contributed by atoms with E-state index >= 15 is 0 Å². The standard InChI is InChI=1S/C15H30O/c1-11(2)7-12(3)9-16-10-15(5,6)14-8-13(14)4/h11-14H,7-10H2,1-6H3. The lowest BCUT2D eigenvalue weighted by molar-refractivity contribution is 0.0281. The summed E-state index contributed by atoms with van der Waals surface area (Å²) in [6.45, 7) is 15.8. The van der Waals surface area contributed by atoms with Crippen LogP contribution < -0.4 is 0 Å². The quantitative estimate of drug-likeness (QED) is 0.626. The Bertz CT molecular complexity index is 207. The van der Waals surface area contributed by atoms with Gasteiger partial charge < -0.3 is 4.74 Å². The third kappa shape index (κ3) is 4.45. The average Bonchev–Trinajstić information content (AvgIpc) is 2.81. The van der Waals surface area contributed by atoms with Crippen LogP contribution in [0.1, 0.15) is 54.4 Å². The second kappa shape index (κ2) is 5.53. The first-order valence-electron chi connectivity index (χ1n) is 6.90. The Balaban J connectivity index is 2.14. The van der Waals surface area contributed by atoms with Crippen molar-refractivity contribution in [3.63, 3.8) is 0 Å². The molecule has 0 radical (unpaired) electrons. The van der Waals surface area contributed by atoms with E-state index in [4.69, 9.17) is 4.74 Å². The van der Waals surface area contributed by atoms with Gasteiger partial charge in [-0.05, 0) is 41.9 Å². The summed E-state index contributed by atoms with van der Waals surface area (Å²) in [5.74, 6) is 3.31. The Kier molecular flexibility index (Phi) is 4.85. The predicted molar refractivity (Wildman–Crippen MR) is 70.5 cm³/mol. The van der Waals surface area contributed by atoms with Crippen molar-refractivity contribution < 1.29 is 4.74 Å². The predicted octanol–water partition coefficient (Wildman–Crippen LogP) is 4.37. The SMILES string of the molecule is CC(C)CC(C)COCC(C)(C)C1CC1C. The fraction of sp³-hybridized carbons (Fsp3) is 1.00. The van der Waals surface area contributed by atoms with E-state index in [1.807, 2.05) is 0 Å². The first-order chi connectivity index (χ1) is 7.33. The summed E-state index contributed by atoms with van der Waals surface area (Å²) in [6, 6.07) is 0. The maximum atomic E-state index is 5.91. The zero-order valence-corrected chi connectivity index (χ0v) is 12.0. The zero-order valence-electron chi connectivity index (χ0n) is 12.0. The van der Waals surface area contributed by atoms with E-state index in [0.717, 1.165) is 31.0 Å². The number of ether oxygens (including phenoxy) is 1. The van der Waals surface area contributed by atoms with E-state index in [1.54, 1.807) is 0 Å². The molecular formula is C15H30O. The van der Waals surface area contributed by atoms with Gasteiger partial charge in [0, 0.05) is 6.61 Å². The third-order valence-corrected chi connectivity index (χ3v) is 3.86. The molecule has 0 heterocycles. The summed E-state index contributed by atoms with van der Waals surface area (Å²) in [5, 5.41) is 0. The topological polar surface area (TPSA) is 9.23 Å². The van der Waals surface area contributed by atoms with Gasteiger partial charge in [-0.2, -0.15) is 0 Å². The molecule has 0 aromatic carbocycles. The van der Waals surface area contributed by atoms with Crippen molar-refractivity contribution in [3.05, 3.63) is 0 Å². The summed E-state index contributed by atoms with van der Waals surface area (Å²) >= 11 is 0. The van der Waals surface area contributed by atoms with Crippen LogP contribution >= 0.6 is 0 Å². The van der Waals surface area contributed by atoms with Crippen LogP contribution in [-0.2, 0) is 4.74 Å². The van der Waals surface area contributed by atoms with Gasteiger partial charge in [-0.15, -0.1) is 0 Å². The van der Waals surface area contributed by atoms with Crippen molar-refractivity contribution in [2.45, 2.75) is 54.4 Å². The summed E-state index contributed by atoms with van der Waals surface area (Å²) in [6.07, 6.45) is 2.68. The Morgan fingerprint density at radius 2 is 1.81 bits per heavy atom. The molecule has 96 valence electrons. The molecule has 0 saturated heterocycles. The third-order valence-electron chi connectivity index (χ3n) is 3.86. The summed E-state index contributed by atoms with van der Waals surface area (Å²) in [7, 11) is 0. The highest BCUT2D eigenvalue weighted by molar-refractivity contribution is 4.93. The molecule has 0 aromatic heterocycles. The highest BCUT2D eigenvalue weighted by atomic mass is 16.5. The molecule has 0 amide bonds. The second-order valence-electron chi connectivity index (χ2n) is 7.06. The van der Waals surface area contributed by atoms with Crippen LogP contribution in [0.2, 0.25) is 0 Å². The molecule has 1 heteroatoms. The molecule has 3 atom stereocenters. The summed E-state index contributed by atoms with van der Waals surface area (Å²) in [4.78, 5) is 0. The number of hydrogen-bond acceptors (Lipinski definition) is 1. The van der Waals surface area contributed by atoms with Crippen LogP contribution in [0.15, 0.2) is 0 Å². The van der Waals surface area contributed by atoms with Crippen LogP contribution in [-0.4, -0.2) is 13.2 Å². The van der Waals surface area contributed by atoms with Gasteiger partial charge in [-0.1, -0.05) is 41.5 Å². The van der Waals surface area contributed by atoms with Gasteiger partial charge in [0.1, 0.15) is 0 Å². The van der Waals surface area contributed by atoms with E-state index in [1.165, 1.54) is 12.8 Å². The Hall–Kier alpha value is -0.0400. The summed E-state index contributed by atoms with van der Waals surface area (Å²) in [5.41, 5.74) is 0.386. The maximum absolute atomic E-state index is 5.91. The normalized spacial score (nSPS) is 27.2. The highest BCUT2D eigenvalue weighted by Crippen LogP contribution is 2.50. The summed E-state index contributed by atoms with van der Waals surface area (Å²) < 4.78 is 5.91. The van der Waals surface area contributed by atoms with Crippen LogP contribution in [0.25, 0.3) is 0 Å². The molecule has 0 aromatic rings. The first-order valence-corrected chi connectivity index (χ1v) is 6.90. The largest absolute Gasteiger partial charge is 0.381 e. The molecule has 1 aliphatic rings. The van der Waals surface area contributed by atoms with Crippen molar-refractivity contribution in [2.24, 2.45) is 29.1 Å². The molecule has 1 fully saturated rings. The van der Waals surface area contributed by atoms with Crippen molar-refractivity contribution in [1.29, 1.82) is 0 Å². The van der Waals surface area contributed by atoms with E-state index in [2.05, 4.69) is 41.5 Å². The van der Waals surface area contributed by atoms with Gasteiger partial charge in [0.25, 0.3) is 0 Å². The second-order valence-corrected chi connectivity index (χ2v) is 7.06. The molecule has 0 spiro atoms. The minimum absolute atomic E-state index is 0.386. The number of rotatable bonds is 7. The zero-order chi connectivity index (χ0) is 12.3. The lowest BCUT2D eigenvalue weighted by atomic mass is 9.87. The van der Waals surface area contributed by atoms with Crippen molar-refractivity contribution in [3.8, 4) is 0 Å². The fourth-order valence-corrected chi connectivity index (χ4v) is 2.91. The maximum Gasteiger partial charge on any atom is 0.0520 e. The monoisotopic (exact) mass is 226 g/mol. The van der Waals surface area contributed by atoms with Gasteiger partial charge in [0.05, 0.1) is 6.61 Å². The minimum atomic E-state index is 0.386. The average molecular weight is 226 g/mol. The van der Waals surface area contributed by atoms with Gasteiger partial charge in [0.2, 0.25) is 0 Å². The van der Waals surface area contributed by atoms with E-state index in [0.29, 0.717) is 11.3 Å². The van der Waals surface area contributed by atoms with E-state index in [9.17, 15) is 0 Å². The van der Waals surface area contributed by atoms with Crippen LogP contribution in [0.3, 0.4) is 0 Å². The molecule has 1 saturated carbocycles. The Labute approximate surface area is 102 Å². The molecular weight excluding hydrogens is 196 g/mol. The Morgan fingerprint density at radius 1 is 1.25 bits per heavy atom. The molecule has 0 bridgehead atoms. The minimum Gasteiger partial charge on any atom is -0.381 e. The van der Waals surface area contributed by atoms with Crippen molar-refractivity contribution in [1.82, 2.24) is 0 Å². The molecule has 3 unspecified atom stereocenters. The number of hydrogen-bond donors (Lipinski definition) is 0. The van der Waals surface area contributed by atoms with Crippen molar-refractivity contribution >= 4 is 0 Å². The van der Waals surface area contributed by atoms with Gasteiger partial charge in [-0.25, -0.2) is 0 Å². The smallest absolute Gasteiger partial charge is 0.0520 e. The van der Waals surface area contributed by atoms with Crippen LogP contribution in [0.5, 0.6) is 0 Å². The fourth-order valence-electron chi connectivity index (χ4n) is 2.91. The van der Waals surface area contributed by atoms with Crippen LogP contribution in [0.4, 0.5) is 0 Å². The van der Waals surface area contributed by atoms with Crippen molar-refractivity contribution in [2.75, 3.05) is 13.2 Å². The first kappa shape index (κ1) is 14.0.